The van der Waals surface area contributed by atoms with Gasteiger partial charge in [-0.05, 0) is 62.9 Å². The van der Waals surface area contributed by atoms with Crippen LogP contribution in [0.3, 0.4) is 0 Å². The molecule has 0 radical (unpaired) electrons. The number of hydrogen-bond acceptors (Lipinski definition) is 1. The van der Waals surface area contributed by atoms with Gasteiger partial charge in [0.1, 0.15) is 0 Å². The van der Waals surface area contributed by atoms with Gasteiger partial charge in [-0.25, -0.2) is 0 Å². The molecule has 0 aliphatic carbocycles. The first kappa shape index (κ1) is 30.1. The van der Waals surface area contributed by atoms with Crippen molar-refractivity contribution in [1.82, 2.24) is 4.90 Å². The van der Waals surface area contributed by atoms with Crippen LogP contribution in [0, 0.1) is 19.9 Å². The fourth-order valence-electron chi connectivity index (χ4n) is 3.07. The molecule has 0 fully saturated rings. The van der Waals surface area contributed by atoms with Gasteiger partial charge in [0.15, 0.2) is 0 Å². The quantitative estimate of drug-likeness (QED) is 0.133. The van der Waals surface area contributed by atoms with E-state index in [9.17, 15) is 17.3 Å². The molecule has 1 heterocycles. The number of rotatable bonds is 3. The minimum Gasteiger partial charge on any atom is -0.418 e. The second kappa shape index (κ2) is 13.9. The van der Waals surface area contributed by atoms with E-state index >= 15 is 0 Å². The molecule has 4 rings (SSSR count). The van der Waals surface area contributed by atoms with Crippen molar-refractivity contribution >= 4 is 25.6 Å². The van der Waals surface area contributed by atoms with E-state index in [0.717, 1.165) is 0 Å². The third kappa shape index (κ3) is 10.2. The summed E-state index contributed by atoms with van der Waals surface area (Å²) in [6.45, 7) is 6.58. The second-order valence-electron chi connectivity index (χ2n) is 8.02. The first-order valence-electron chi connectivity index (χ1n) is 10.6. The molecule has 0 saturated carbocycles. The van der Waals surface area contributed by atoms with Gasteiger partial charge in [0, 0.05) is 6.04 Å². The van der Waals surface area contributed by atoms with E-state index in [4.69, 9.17) is 0 Å². The van der Waals surface area contributed by atoms with Gasteiger partial charge in [0.2, 0.25) is 0 Å². The van der Waals surface area contributed by atoms with Crippen LogP contribution in [0.15, 0.2) is 78.3 Å². The molecule has 1 aromatic heterocycles. The predicted molar refractivity (Wildman–Crippen MR) is 135 cm³/mol. The number of aryl methyl sites for hydroxylation is 2. The van der Waals surface area contributed by atoms with Crippen LogP contribution in [0.1, 0.15) is 29.7 Å². The first-order valence-corrected chi connectivity index (χ1v) is 12.1. The molecular formula is C26H29BF4NPPd. The number of fused-ring (bicyclic) bond motifs is 1. The minimum atomic E-state index is -6.00. The monoisotopic (exact) mass is 579 g/mol. The number of benzene rings is 3. The van der Waals surface area contributed by atoms with Crippen LogP contribution in [0.25, 0.3) is 16.1 Å². The third-order valence-corrected chi connectivity index (χ3v) is 7.49. The van der Waals surface area contributed by atoms with Gasteiger partial charge >= 0.3 is 27.7 Å². The molecule has 0 bridgehead atoms. The molecule has 0 saturated heterocycles. The Balaban J connectivity index is 0.000000280. The molecule has 8 heteroatoms. The standard InChI is InChI=1S/C14H16N.C12H13P.BF4.Pd/c1-11(15(2)3)13-9-8-12-6-4-5-7-14(12)10-13;1-10-8-13(9-11(10)2)12-6-4-3-5-7-12;2-1(3,4)5;/h4-8,10-11H,1-3H3;3-9H,1-2H3;;/q-1;;-1;+2/t11-;;;/m0.../s1. The molecule has 3 aromatic carbocycles. The summed E-state index contributed by atoms with van der Waals surface area (Å²) in [7, 11) is -1.96. The van der Waals surface area contributed by atoms with Crippen LogP contribution in [-0.4, -0.2) is 26.2 Å². The average molecular weight is 580 g/mol. The molecule has 0 aliphatic rings. The van der Waals surface area contributed by atoms with Crippen LogP contribution in [0.5, 0.6) is 0 Å². The Kier molecular flexibility index (Phi) is 12.3. The Morgan fingerprint density at radius 2 is 1.29 bits per heavy atom. The van der Waals surface area contributed by atoms with Crippen molar-refractivity contribution in [2.45, 2.75) is 26.8 Å². The van der Waals surface area contributed by atoms with E-state index in [0.29, 0.717) is 6.04 Å². The first-order chi connectivity index (χ1) is 15.5. The topological polar surface area (TPSA) is 3.24 Å². The normalized spacial score (nSPS) is 11.6. The van der Waals surface area contributed by atoms with Crippen LogP contribution in [0.2, 0.25) is 0 Å². The molecule has 184 valence electrons. The van der Waals surface area contributed by atoms with Crippen molar-refractivity contribution in [3.63, 3.8) is 0 Å². The van der Waals surface area contributed by atoms with E-state index in [2.05, 4.69) is 124 Å². The van der Waals surface area contributed by atoms with E-state index in [1.54, 1.807) is 0 Å². The van der Waals surface area contributed by atoms with Gasteiger partial charge in [-0.15, -0.1) is 22.4 Å². The smallest absolute Gasteiger partial charge is 0.418 e. The molecule has 34 heavy (non-hydrogen) atoms. The molecular weight excluding hydrogens is 550 g/mol. The van der Waals surface area contributed by atoms with Crippen molar-refractivity contribution in [1.29, 1.82) is 0 Å². The van der Waals surface area contributed by atoms with E-state index in [1.165, 1.54) is 32.8 Å². The van der Waals surface area contributed by atoms with Crippen LogP contribution in [0.4, 0.5) is 17.3 Å². The molecule has 0 unspecified atom stereocenters. The zero-order valence-electron chi connectivity index (χ0n) is 19.9. The van der Waals surface area contributed by atoms with Gasteiger partial charge in [0.25, 0.3) is 0 Å². The van der Waals surface area contributed by atoms with Crippen LogP contribution < -0.4 is 0 Å². The van der Waals surface area contributed by atoms with Gasteiger partial charge in [0.05, 0.1) is 0 Å². The van der Waals surface area contributed by atoms with Gasteiger partial charge in [-0.3, -0.25) is 0 Å². The summed E-state index contributed by atoms with van der Waals surface area (Å²) in [5, 5.41) is 4.00. The SMILES string of the molecule is C[C@@H](c1[c-]cc2ccccc2c1)N(C)C.Cc1cp(-c2ccccc2)cc1C.F[B-](F)(F)F.[Pd+2]. The maximum atomic E-state index is 9.75. The predicted octanol–water partition coefficient (Wildman–Crippen LogP) is 8.84. The number of hydrogen-bond donors (Lipinski definition) is 0. The van der Waals surface area contributed by atoms with Crippen molar-refractivity contribution in [3.8, 4) is 5.30 Å². The summed E-state index contributed by atoms with van der Waals surface area (Å²) in [6.07, 6.45) is 0. The van der Waals surface area contributed by atoms with E-state index in [1.807, 2.05) is 0 Å². The molecule has 0 spiro atoms. The summed E-state index contributed by atoms with van der Waals surface area (Å²) in [4.78, 5) is 2.20. The van der Waals surface area contributed by atoms with Crippen molar-refractivity contribution in [3.05, 3.63) is 101 Å². The largest absolute Gasteiger partial charge is 2.00 e. The molecule has 0 N–H and O–H groups in total. The van der Waals surface area contributed by atoms with E-state index in [-0.39, 0.29) is 28.0 Å². The number of nitrogens with zero attached hydrogens (tertiary/aromatic N) is 1. The van der Waals surface area contributed by atoms with Gasteiger partial charge in [-0.2, -0.15) is 18.2 Å². The van der Waals surface area contributed by atoms with Crippen LogP contribution in [-0.2, 0) is 20.4 Å². The summed E-state index contributed by atoms with van der Waals surface area (Å²) in [6, 6.07) is 27.2. The summed E-state index contributed by atoms with van der Waals surface area (Å²) in [5.74, 6) is 4.78. The number of halogens is 4. The van der Waals surface area contributed by atoms with Gasteiger partial charge < -0.3 is 22.2 Å². The summed E-state index contributed by atoms with van der Waals surface area (Å²) in [5.41, 5.74) is 4.13. The third-order valence-electron chi connectivity index (χ3n) is 5.27. The van der Waals surface area contributed by atoms with Crippen molar-refractivity contribution in [2.75, 3.05) is 14.1 Å². The molecule has 1 atom stereocenters. The Hall–Kier alpha value is -1.89. The maximum Gasteiger partial charge on any atom is 2.00 e. The minimum absolute atomic E-state index is 0. The van der Waals surface area contributed by atoms with Crippen molar-refractivity contribution < 1.29 is 37.7 Å². The Labute approximate surface area is 215 Å². The zero-order valence-corrected chi connectivity index (χ0v) is 22.3. The van der Waals surface area contributed by atoms with Gasteiger partial charge in [-0.1, -0.05) is 56.1 Å². The van der Waals surface area contributed by atoms with E-state index < -0.39 is 7.25 Å². The van der Waals surface area contributed by atoms with Crippen molar-refractivity contribution in [2.24, 2.45) is 0 Å². The second-order valence-corrected chi connectivity index (χ2v) is 9.87. The fourth-order valence-corrected chi connectivity index (χ4v) is 5.20. The molecule has 0 aliphatic heterocycles. The summed E-state index contributed by atoms with van der Waals surface area (Å²) >= 11 is 0. The van der Waals surface area contributed by atoms with Crippen LogP contribution >= 0.6 is 7.53 Å². The average Bonchev–Trinajstić information content (AvgIpc) is 3.11. The zero-order chi connectivity index (χ0) is 24.6. The molecule has 0 amide bonds. The summed E-state index contributed by atoms with van der Waals surface area (Å²) < 4.78 is 39.0. The Morgan fingerprint density at radius 3 is 1.79 bits per heavy atom. The Bertz CT molecular complexity index is 1120. The Morgan fingerprint density at radius 1 is 0.824 bits per heavy atom. The maximum absolute atomic E-state index is 9.75. The molecule has 1 nitrogen and oxygen atoms in total. The molecule has 4 aromatic rings. The fraction of sp³-hybridized carbons (Fsp3) is 0.231.